The van der Waals surface area contributed by atoms with Crippen molar-refractivity contribution in [1.29, 1.82) is 0 Å². The molecule has 2 aromatic carbocycles. The molecule has 2 N–H and O–H groups in total. The molecular weight excluding hydrogens is 737 g/mol. The first kappa shape index (κ1) is 43.3. The first-order chi connectivity index (χ1) is 26.3. The van der Waals surface area contributed by atoms with Gasteiger partial charge in [-0.3, -0.25) is 0 Å². The first-order valence-electron chi connectivity index (χ1n) is 19.7. The van der Waals surface area contributed by atoms with Crippen LogP contribution < -0.4 is 5.32 Å². The number of aliphatic hydroxyl groups excluding tert-OH is 1. The van der Waals surface area contributed by atoms with Crippen LogP contribution in [0.25, 0.3) is 11.3 Å². The van der Waals surface area contributed by atoms with Crippen molar-refractivity contribution in [2.45, 2.75) is 110 Å². The highest BCUT2D eigenvalue weighted by Gasteiger charge is 2.47. The van der Waals surface area contributed by atoms with E-state index >= 15 is 4.39 Å². The molecule has 0 bridgehead atoms. The number of nitrogens with one attached hydrogen (secondary N) is 1. The summed E-state index contributed by atoms with van der Waals surface area (Å²) in [5, 5.41) is 12.9. The third kappa shape index (κ3) is 10.8. The number of hydrogen-bond acceptors (Lipinski definition) is 7. The molecule has 2 aliphatic heterocycles. The lowest BCUT2D eigenvalue weighted by atomic mass is 9.89. The summed E-state index contributed by atoms with van der Waals surface area (Å²) in [7, 11) is -2.38. The Morgan fingerprint density at radius 2 is 1.73 bits per heavy atom. The highest BCUT2D eigenvalue weighted by molar-refractivity contribution is 6.74. The Bertz CT molecular complexity index is 1790. The molecule has 2 saturated heterocycles. The normalized spacial score (nSPS) is 19.5. The van der Waals surface area contributed by atoms with Gasteiger partial charge in [-0.1, -0.05) is 51.1 Å². The van der Waals surface area contributed by atoms with Crippen LogP contribution in [0.4, 0.5) is 18.4 Å². The molecule has 56 heavy (non-hydrogen) atoms. The van der Waals surface area contributed by atoms with Crippen molar-refractivity contribution in [2.75, 3.05) is 39.5 Å². The van der Waals surface area contributed by atoms with E-state index in [4.69, 9.17) is 18.9 Å². The molecule has 3 aromatic rings. The number of hydrogen-bond donors (Lipinski definition) is 2. The minimum atomic E-state index is -2.38. The summed E-state index contributed by atoms with van der Waals surface area (Å²) in [6.07, 6.45) is 2.09. The maximum absolute atomic E-state index is 15.4. The molecule has 2 aliphatic rings. The van der Waals surface area contributed by atoms with Gasteiger partial charge in [0.1, 0.15) is 23.1 Å². The van der Waals surface area contributed by atoms with Gasteiger partial charge in [-0.15, -0.1) is 0 Å². The Balaban J connectivity index is 1.66. The van der Waals surface area contributed by atoms with Gasteiger partial charge in [0.25, 0.3) is 0 Å². The number of likely N-dealkylation sites (tertiary alicyclic amines) is 1. The summed E-state index contributed by atoms with van der Waals surface area (Å²) >= 11 is 0. The number of ether oxygens (including phenoxy) is 2. The third-order valence-corrected chi connectivity index (χ3v) is 15.6. The topological polar surface area (TPSA) is 118 Å². The number of carbonyl (C=O) groups is 2. The maximum Gasteiger partial charge on any atom is 0.410 e. The van der Waals surface area contributed by atoms with E-state index in [1.54, 1.807) is 22.9 Å². The molecule has 0 saturated carbocycles. The molecule has 4 atom stereocenters. The number of aromatic nitrogens is 2. The molecule has 2 fully saturated rings. The average molecular weight is 798 g/mol. The van der Waals surface area contributed by atoms with Gasteiger partial charge >= 0.3 is 12.1 Å². The number of nitrogens with zero attached hydrogens (tertiary/aromatic N) is 4. The van der Waals surface area contributed by atoms with Gasteiger partial charge in [0, 0.05) is 57.1 Å². The molecule has 0 spiro atoms. The van der Waals surface area contributed by atoms with Crippen LogP contribution in [0.3, 0.4) is 0 Å². The smallest absolute Gasteiger partial charge is 0.410 e. The second kappa shape index (κ2) is 17.7. The van der Waals surface area contributed by atoms with Crippen molar-refractivity contribution in [1.82, 2.24) is 24.7 Å². The van der Waals surface area contributed by atoms with Gasteiger partial charge in [-0.05, 0) is 88.3 Å². The molecule has 3 amide bonds. The summed E-state index contributed by atoms with van der Waals surface area (Å²) in [6.45, 7) is 19.8. The fourth-order valence-electron chi connectivity index (χ4n) is 7.13. The molecule has 5 rings (SSSR count). The van der Waals surface area contributed by atoms with E-state index in [-0.39, 0.29) is 47.8 Å². The minimum Gasteiger partial charge on any atom is -0.444 e. The van der Waals surface area contributed by atoms with Gasteiger partial charge in [0.05, 0.1) is 30.5 Å². The van der Waals surface area contributed by atoms with Crippen molar-refractivity contribution >= 4 is 20.4 Å². The lowest BCUT2D eigenvalue weighted by Gasteiger charge is -2.42. The monoisotopic (exact) mass is 797 g/mol. The van der Waals surface area contributed by atoms with Crippen molar-refractivity contribution in [3.8, 4) is 11.3 Å². The zero-order valence-electron chi connectivity index (χ0n) is 34.5. The van der Waals surface area contributed by atoms with Crippen molar-refractivity contribution in [3.05, 3.63) is 77.8 Å². The number of urea groups is 1. The SMILES string of the molecule is C[C@H](CO)NC(=O)N(CC1CN(C(=O)OC(C)(C)C)CC1O[Si](C)(C)C(C)(C)C)C(c1nc(-c2cc(F)ccc2F)cn1Cc1ccccc1)C1CCOCC1. The number of benzene rings is 2. The Morgan fingerprint density at radius 1 is 1.05 bits per heavy atom. The Hall–Kier alpha value is -3.85. The molecule has 3 heterocycles. The van der Waals surface area contributed by atoms with E-state index < -0.39 is 55.9 Å². The number of rotatable bonds is 12. The summed E-state index contributed by atoms with van der Waals surface area (Å²) in [4.78, 5) is 36.8. The number of imidazole rings is 1. The highest BCUT2D eigenvalue weighted by Crippen LogP contribution is 2.42. The fraction of sp³-hybridized carbons (Fsp3) is 0.595. The van der Waals surface area contributed by atoms with Gasteiger partial charge < -0.3 is 38.7 Å². The molecule has 0 radical (unpaired) electrons. The predicted molar refractivity (Wildman–Crippen MR) is 215 cm³/mol. The quantitative estimate of drug-likeness (QED) is 0.179. The van der Waals surface area contributed by atoms with E-state index in [2.05, 4.69) is 39.2 Å². The Morgan fingerprint density at radius 3 is 2.36 bits per heavy atom. The molecule has 11 nitrogen and oxygen atoms in total. The summed E-state index contributed by atoms with van der Waals surface area (Å²) in [5.74, 6) is -1.16. The predicted octanol–water partition coefficient (Wildman–Crippen LogP) is 7.99. The standard InChI is InChI=1S/C42H61F2N5O6Si/c1-28(27-50)45-39(51)49(24-31-23-48(40(52)54-41(2,3)4)26-36(31)55-56(8,9)42(5,6)7)37(30-17-19-53-20-18-30)38-46-35(33-21-32(43)15-16-34(33)44)25-47(38)22-29-13-11-10-12-14-29/h10-16,21,25,28,30-31,36-37,50H,17-20,22-24,26-27H2,1-9H3,(H,45,51)/t28-,31?,36?,37?/m1/s1. The molecule has 14 heteroatoms. The molecule has 0 aliphatic carbocycles. The van der Waals surface area contributed by atoms with Gasteiger partial charge in [0.15, 0.2) is 8.32 Å². The number of carbonyl (C=O) groups excluding carboxylic acids is 2. The number of halogens is 2. The zero-order chi connectivity index (χ0) is 41.0. The van der Waals surface area contributed by atoms with Crippen LogP contribution in [0.1, 0.15) is 78.7 Å². The fourth-order valence-corrected chi connectivity index (χ4v) is 8.51. The molecule has 308 valence electrons. The summed E-state index contributed by atoms with van der Waals surface area (Å²) in [6, 6.07) is 11.4. The summed E-state index contributed by atoms with van der Waals surface area (Å²) < 4.78 is 50.6. The van der Waals surface area contributed by atoms with Gasteiger partial charge in [-0.2, -0.15) is 0 Å². The van der Waals surface area contributed by atoms with Crippen molar-refractivity contribution < 1.29 is 37.4 Å². The third-order valence-electron chi connectivity index (χ3n) is 11.1. The lowest BCUT2D eigenvalue weighted by Crippen LogP contribution is -2.53. The van der Waals surface area contributed by atoms with E-state index in [0.717, 1.165) is 23.8 Å². The van der Waals surface area contributed by atoms with Crippen LogP contribution in [-0.2, 0) is 20.4 Å². The van der Waals surface area contributed by atoms with Gasteiger partial charge in [0.2, 0.25) is 0 Å². The molecule has 3 unspecified atom stereocenters. The van der Waals surface area contributed by atoms with Crippen LogP contribution >= 0.6 is 0 Å². The number of amides is 3. The van der Waals surface area contributed by atoms with Crippen LogP contribution in [0, 0.1) is 23.5 Å². The largest absolute Gasteiger partial charge is 0.444 e. The Labute approximate surface area is 331 Å². The van der Waals surface area contributed by atoms with Gasteiger partial charge in [-0.25, -0.2) is 23.4 Å². The van der Waals surface area contributed by atoms with Crippen LogP contribution in [0.15, 0.2) is 54.7 Å². The van der Waals surface area contributed by atoms with E-state index in [0.29, 0.717) is 45.0 Å². The number of aliphatic hydroxyl groups is 1. The van der Waals surface area contributed by atoms with Crippen molar-refractivity contribution in [3.63, 3.8) is 0 Å². The average Bonchev–Trinajstić information content (AvgIpc) is 3.72. The first-order valence-corrected chi connectivity index (χ1v) is 22.6. The van der Waals surface area contributed by atoms with E-state index in [1.165, 1.54) is 0 Å². The van der Waals surface area contributed by atoms with Crippen molar-refractivity contribution in [2.24, 2.45) is 11.8 Å². The second-order valence-corrected chi connectivity index (χ2v) is 22.6. The van der Waals surface area contributed by atoms with Crippen LogP contribution in [0.5, 0.6) is 0 Å². The molecular formula is C42H61F2N5O6Si. The Kier molecular flexibility index (Phi) is 13.7. The van der Waals surface area contributed by atoms with Crippen LogP contribution in [-0.4, -0.2) is 102 Å². The zero-order valence-corrected chi connectivity index (χ0v) is 35.5. The lowest BCUT2D eigenvalue weighted by molar-refractivity contribution is 0.0223. The maximum atomic E-state index is 15.4. The van der Waals surface area contributed by atoms with E-state index in [1.807, 2.05) is 55.7 Å². The van der Waals surface area contributed by atoms with E-state index in [9.17, 15) is 19.1 Å². The summed E-state index contributed by atoms with van der Waals surface area (Å²) in [5.41, 5.74) is 0.505. The van der Waals surface area contributed by atoms with Crippen LogP contribution in [0.2, 0.25) is 18.1 Å². The molecule has 1 aromatic heterocycles. The minimum absolute atomic E-state index is 0.0142. The highest BCUT2D eigenvalue weighted by atomic mass is 28.4. The second-order valence-electron chi connectivity index (χ2n) is 17.9.